The van der Waals surface area contributed by atoms with Crippen LogP contribution in [0.1, 0.15) is 22.4 Å². The zero-order valence-electron chi connectivity index (χ0n) is 14.2. The van der Waals surface area contributed by atoms with E-state index in [1.165, 1.54) is 6.07 Å². The summed E-state index contributed by atoms with van der Waals surface area (Å²) < 4.78 is 11.4. The summed E-state index contributed by atoms with van der Waals surface area (Å²) in [6.07, 6.45) is 1.64. The molecule has 3 heterocycles. The quantitative estimate of drug-likeness (QED) is 0.560. The second kappa shape index (κ2) is 5.57. The molecule has 1 aromatic carbocycles. The zero-order valence-corrected chi connectivity index (χ0v) is 14.2. The van der Waals surface area contributed by atoms with Gasteiger partial charge in [0.05, 0.1) is 12.3 Å². The summed E-state index contributed by atoms with van der Waals surface area (Å²) in [7, 11) is 0. The number of fused-ring (bicyclic) bond motifs is 2. The number of nitrogens with zero attached hydrogens (tertiary/aromatic N) is 1. The van der Waals surface area contributed by atoms with Crippen molar-refractivity contribution in [3.05, 3.63) is 63.3 Å². The average molecular weight is 335 g/mol. The van der Waals surface area contributed by atoms with Gasteiger partial charge in [0.2, 0.25) is 0 Å². The Hall–Kier alpha value is -2.92. The number of benzene rings is 1. The molecule has 0 atom stereocenters. The average Bonchev–Trinajstić information content (AvgIpc) is 3.04. The predicted octanol–water partition coefficient (Wildman–Crippen LogP) is 4.02. The first kappa shape index (κ1) is 15.6. The molecule has 0 aliphatic heterocycles. The molecular weight excluding hydrogens is 318 g/mol. The van der Waals surface area contributed by atoms with Gasteiger partial charge in [-0.3, -0.25) is 4.98 Å². The number of furan rings is 1. The van der Waals surface area contributed by atoms with Gasteiger partial charge in [-0.05, 0) is 38.0 Å². The number of pyridine rings is 1. The zero-order chi connectivity index (χ0) is 17.7. The summed E-state index contributed by atoms with van der Waals surface area (Å²) in [5, 5.41) is 11.2. The molecule has 4 rings (SSSR count). The van der Waals surface area contributed by atoms with Crippen LogP contribution in [-0.2, 0) is 6.61 Å². The lowest BCUT2D eigenvalue weighted by Gasteiger charge is -2.07. The van der Waals surface area contributed by atoms with E-state index in [0.717, 1.165) is 27.6 Å². The van der Waals surface area contributed by atoms with E-state index in [1.54, 1.807) is 6.20 Å². The van der Waals surface area contributed by atoms with E-state index < -0.39 is 5.63 Å². The van der Waals surface area contributed by atoms with Crippen LogP contribution < -0.4 is 5.63 Å². The highest BCUT2D eigenvalue weighted by Gasteiger charge is 2.17. The number of hydrogen-bond acceptors (Lipinski definition) is 5. The smallest absolute Gasteiger partial charge is 0.336 e. The fourth-order valence-electron chi connectivity index (χ4n) is 3.12. The maximum absolute atomic E-state index is 12.1. The molecule has 4 aromatic rings. The van der Waals surface area contributed by atoms with E-state index in [1.807, 2.05) is 39.0 Å². The van der Waals surface area contributed by atoms with E-state index in [0.29, 0.717) is 28.1 Å². The maximum atomic E-state index is 12.1. The van der Waals surface area contributed by atoms with E-state index >= 15 is 0 Å². The summed E-state index contributed by atoms with van der Waals surface area (Å²) >= 11 is 0. The van der Waals surface area contributed by atoms with Crippen molar-refractivity contribution < 1.29 is 13.9 Å². The lowest BCUT2D eigenvalue weighted by Crippen LogP contribution is -1.99. The monoisotopic (exact) mass is 335 g/mol. The number of aromatic nitrogens is 1. The molecule has 0 fully saturated rings. The van der Waals surface area contributed by atoms with Crippen molar-refractivity contribution in [2.45, 2.75) is 27.4 Å². The van der Waals surface area contributed by atoms with E-state index in [-0.39, 0.29) is 6.61 Å². The molecule has 0 unspecified atom stereocenters. The fraction of sp³-hybridized carbons (Fsp3) is 0.200. The summed E-state index contributed by atoms with van der Waals surface area (Å²) in [5.41, 5.74) is 4.85. The summed E-state index contributed by atoms with van der Waals surface area (Å²) in [4.78, 5) is 16.3. The van der Waals surface area contributed by atoms with Crippen molar-refractivity contribution in [2.75, 3.05) is 0 Å². The second-order valence-electron chi connectivity index (χ2n) is 6.24. The van der Waals surface area contributed by atoms with Gasteiger partial charge >= 0.3 is 5.63 Å². The number of aliphatic hydroxyl groups excluding tert-OH is 1. The Morgan fingerprint density at radius 2 is 1.84 bits per heavy atom. The van der Waals surface area contributed by atoms with Crippen molar-refractivity contribution in [1.82, 2.24) is 4.98 Å². The predicted molar refractivity (Wildman–Crippen MR) is 95.6 cm³/mol. The highest BCUT2D eigenvalue weighted by atomic mass is 16.4. The summed E-state index contributed by atoms with van der Waals surface area (Å²) in [5.74, 6) is 0.557. The van der Waals surface area contributed by atoms with Gasteiger partial charge < -0.3 is 13.9 Å². The topological polar surface area (TPSA) is 76.5 Å². The fourth-order valence-corrected chi connectivity index (χ4v) is 3.12. The lowest BCUT2D eigenvalue weighted by atomic mass is 10.0. The SMILES string of the molecule is Cc1ccc2c(-c3cc4c(CO)cnc(C)c4o3)cc(=O)oc2c1C. The Labute approximate surface area is 143 Å². The maximum Gasteiger partial charge on any atom is 0.336 e. The van der Waals surface area contributed by atoms with Gasteiger partial charge in [-0.25, -0.2) is 4.79 Å². The Balaban J connectivity index is 2.09. The van der Waals surface area contributed by atoms with Gasteiger partial charge in [-0.15, -0.1) is 0 Å². The molecule has 5 heteroatoms. The van der Waals surface area contributed by atoms with E-state index in [4.69, 9.17) is 8.83 Å². The normalized spacial score (nSPS) is 11.5. The van der Waals surface area contributed by atoms with Crippen LogP contribution >= 0.6 is 0 Å². The van der Waals surface area contributed by atoms with E-state index in [9.17, 15) is 9.90 Å². The van der Waals surface area contributed by atoms with Crippen LogP contribution in [-0.4, -0.2) is 10.1 Å². The Bertz CT molecular complexity index is 1180. The van der Waals surface area contributed by atoms with Crippen molar-refractivity contribution in [2.24, 2.45) is 0 Å². The molecule has 126 valence electrons. The summed E-state index contributed by atoms with van der Waals surface area (Å²) in [6, 6.07) is 7.21. The molecule has 0 saturated carbocycles. The first-order valence-corrected chi connectivity index (χ1v) is 8.03. The Kier molecular flexibility index (Phi) is 3.47. The van der Waals surface area contributed by atoms with Crippen molar-refractivity contribution in [1.29, 1.82) is 0 Å². The molecule has 0 spiro atoms. The van der Waals surface area contributed by atoms with Gasteiger partial charge in [0, 0.05) is 34.2 Å². The largest absolute Gasteiger partial charge is 0.454 e. The second-order valence-corrected chi connectivity index (χ2v) is 6.24. The third-order valence-electron chi connectivity index (χ3n) is 4.69. The minimum absolute atomic E-state index is 0.126. The van der Waals surface area contributed by atoms with Gasteiger partial charge in [-0.1, -0.05) is 12.1 Å². The highest BCUT2D eigenvalue weighted by molar-refractivity contribution is 5.97. The van der Waals surface area contributed by atoms with Gasteiger partial charge in [-0.2, -0.15) is 0 Å². The van der Waals surface area contributed by atoms with Crippen LogP contribution in [0, 0.1) is 20.8 Å². The van der Waals surface area contributed by atoms with Gasteiger partial charge in [0.15, 0.2) is 5.58 Å². The Morgan fingerprint density at radius 1 is 1.04 bits per heavy atom. The molecule has 5 nitrogen and oxygen atoms in total. The van der Waals surface area contributed by atoms with Crippen LogP contribution in [0.5, 0.6) is 0 Å². The van der Waals surface area contributed by atoms with Crippen LogP contribution in [0.3, 0.4) is 0 Å². The lowest BCUT2D eigenvalue weighted by molar-refractivity contribution is 0.283. The van der Waals surface area contributed by atoms with E-state index in [2.05, 4.69) is 4.98 Å². The van der Waals surface area contributed by atoms with Crippen LogP contribution in [0.25, 0.3) is 33.3 Å². The number of rotatable bonds is 2. The van der Waals surface area contributed by atoms with Gasteiger partial charge in [0.25, 0.3) is 0 Å². The van der Waals surface area contributed by atoms with Crippen molar-refractivity contribution in [3.8, 4) is 11.3 Å². The number of hydrogen-bond donors (Lipinski definition) is 1. The molecule has 1 N–H and O–H groups in total. The Morgan fingerprint density at radius 3 is 2.60 bits per heavy atom. The minimum atomic E-state index is -0.422. The molecule has 0 aliphatic rings. The summed E-state index contributed by atoms with van der Waals surface area (Å²) in [6.45, 7) is 5.63. The molecule has 3 aromatic heterocycles. The van der Waals surface area contributed by atoms with Gasteiger partial charge in [0.1, 0.15) is 11.3 Å². The molecule has 25 heavy (non-hydrogen) atoms. The standard InChI is InChI=1S/C20H17NO4/c1-10-4-5-14-16(7-18(23)25-19(14)11(10)2)17-6-15-13(9-22)8-21-12(3)20(15)24-17/h4-8,22H,9H2,1-3H3. The number of aliphatic hydroxyl groups is 1. The molecule has 0 aliphatic carbocycles. The van der Waals surface area contributed by atoms with Crippen LogP contribution in [0.4, 0.5) is 0 Å². The van der Waals surface area contributed by atoms with Crippen molar-refractivity contribution >= 4 is 21.9 Å². The highest BCUT2D eigenvalue weighted by Crippen LogP contribution is 2.35. The molecule has 0 bridgehead atoms. The molecule has 0 amide bonds. The molecule has 0 saturated heterocycles. The number of aryl methyl sites for hydroxylation is 3. The third kappa shape index (κ3) is 2.36. The first-order valence-electron chi connectivity index (χ1n) is 8.03. The molecular formula is C20H17NO4. The van der Waals surface area contributed by atoms with Crippen LogP contribution in [0.2, 0.25) is 0 Å². The third-order valence-corrected chi connectivity index (χ3v) is 4.69. The van der Waals surface area contributed by atoms with Crippen molar-refractivity contribution in [3.63, 3.8) is 0 Å². The van der Waals surface area contributed by atoms with Crippen LogP contribution in [0.15, 0.2) is 44.1 Å². The minimum Gasteiger partial charge on any atom is -0.454 e. The first-order chi connectivity index (χ1) is 12.0. The molecule has 0 radical (unpaired) electrons.